The molecule has 0 bridgehead atoms. The minimum Gasteiger partial charge on any atom is -0.497 e. The van der Waals surface area contributed by atoms with Crippen LogP contribution in [0.1, 0.15) is 41.5 Å². The third-order valence-corrected chi connectivity index (χ3v) is 9.37. The van der Waals surface area contributed by atoms with Gasteiger partial charge >= 0.3 is 35.1 Å². The zero-order chi connectivity index (χ0) is 32.2. The molecule has 6 atom stereocenters. The van der Waals surface area contributed by atoms with Crippen LogP contribution in [-0.2, 0) is 36.3 Å². The van der Waals surface area contributed by atoms with Crippen LogP contribution in [0.5, 0.6) is 5.75 Å². The Morgan fingerprint density at radius 2 is 1.93 bits per heavy atom. The molecule has 2 aromatic rings. The van der Waals surface area contributed by atoms with Crippen molar-refractivity contribution in [3.63, 3.8) is 0 Å². The van der Waals surface area contributed by atoms with Crippen LogP contribution in [0.4, 0.5) is 5.82 Å². The van der Waals surface area contributed by atoms with Gasteiger partial charge in [0.25, 0.3) is 0 Å². The maximum absolute atomic E-state index is 13.3. The monoisotopic (exact) mass is 670 g/mol. The van der Waals surface area contributed by atoms with Gasteiger partial charge < -0.3 is 39.5 Å². The second-order valence-electron chi connectivity index (χ2n) is 8.57. The number of hydrogen-bond acceptors (Lipinski definition) is 14. The van der Waals surface area contributed by atoms with Crippen LogP contribution in [0.3, 0.4) is 0 Å². The number of azide groups is 1. The predicted molar refractivity (Wildman–Crippen MR) is 141 cm³/mol. The van der Waals surface area contributed by atoms with Gasteiger partial charge in [-0.2, -0.15) is 13.6 Å². The van der Waals surface area contributed by atoms with Gasteiger partial charge in [-0.1, -0.05) is 12.0 Å². The van der Waals surface area contributed by atoms with Crippen LogP contribution >= 0.6 is 23.5 Å². The number of nitrogens with two attached hydrogens (primary N) is 1. The Kier molecular flexibility index (Phi) is 10.9. The van der Waals surface area contributed by atoms with E-state index in [0.717, 1.165) is 4.57 Å². The molecule has 1 aliphatic rings. The average molecular weight is 670 g/mol. The summed E-state index contributed by atoms with van der Waals surface area (Å²) in [6.45, 7) is 0.520. The first-order valence-electron chi connectivity index (χ1n) is 11.6. The average Bonchev–Trinajstić information content (AvgIpc) is 3.27. The number of anilines is 1. The topological polar surface area (TPSA) is 314 Å². The number of nitrogen functional groups attached to an aromatic ring is 1. The highest BCUT2D eigenvalue weighted by molar-refractivity contribution is 7.66. The molecular formula is C19H25N6O15P3. The van der Waals surface area contributed by atoms with Crippen molar-refractivity contribution >= 4 is 35.3 Å². The molecule has 0 amide bonds. The van der Waals surface area contributed by atoms with Gasteiger partial charge in [-0.25, -0.2) is 23.3 Å². The highest BCUT2D eigenvalue weighted by Crippen LogP contribution is 2.66. The number of methoxy groups -OCH3 is 1. The number of esters is 1. The maximum atomic E-state index is 13.3. The molecule has 21 nitrogen and oxygen atoms in total. The molecule has 1 aromatic carbocycles. The molecule has 0 saturated carbocycles. The zero-order valence-corrected chi connectivity index (χ0v) is 24.7. The van der Waals surface area contributed by atoms with E-state index in [0.29, 0.717) is 5.75 Å². The summed E-state index contributed by atoms with van der Waals surface area (Å²) in [7, 11) is -15.6. The summed E-state index contributed by atoms with van der Waals surface area (Å²) < 4.78 is 64.2. The normalized spacial score (nSPS) is 22.0. The third kappa shape index (κ3) is 9.67. The van der Waals surface area contributed by atoms with Gasteiger partial charge in [0.15, 0.2) is 0 Å². The number of carbonyl (C=O) groups is 1. The molecule has 3 unspecified atom stereocenters. The van der Waals surface area contributed by atoms with E-state index in [1.165, 1.54) is 44.5 Å². The lowest BCUT2D eigenvalue weighted by Crippen LogP contribution is -2.31. The molecular weight excluding hydrogens is 645 g/mol. The van der Waals surface area contributed by atoms with Gasteiger partial charge in [0.1, 0.15) is 30.0 Å². The van der Waals surface area contributed by atoms with Crippen molar-refractivity contribution < 1.29 is 65.4 Å². The number of ether oxygens (including phenoxy) is 3. The minimum atomic E-state index is -5.81. The number of rotatable bonds is 13. The summed E-state index contributed by atoms with van der Waals surface area (Å²) in [6.07, 6.45) is -2.98. The maximum Gasteiger partial charge on any atom is 0.490 e. The van der Waals surface area contributed by atoms with Gasteiger partial charge in [0, 0.05) is 17.5 Å². The zero-order valence-electron chi connectivity index (χ0n) is 22.0. The number of phosphoric ester groups is 1. The van der Waals surface area contributed by atoms with Crippen LogP contribution in [0.15, 0.2) is 40.4 Å². The van der Waals surface area contributed by atoms with Crippen LogP contribution in [0, 0.1) is 0 Å². The Labute approximate surface area is 241 Å². The van der Waals surface area contributed by atoms with Crippen LogP contribution in [0.25, 0.3) is 10.4 Å². The van der Waals surface area contributed by atoms with Crippen molar-refractivity contribution in [2.24, 2.45) is 5.11 Å². The van der Waals surface area contributed by atoms with Gasteiger partial charge in [0.05, 0.1) is 25.3 Å². The van der Waals surface area contributed by atoms with Crippen LogP contribution in [0.2, 0.25) is 0 Å². The Morgan fingerprint density at radius 3 is 2.53 bits per heavy atom. The fraction of sp³-hybridized carbons (Fsp3) is 0.421. The summed E-state index contributed by atoms with van der Waals surface area (Å²) in [5.74, 6) is -0.745. The number of carbonyl (C=O) groups excluding carboxylic acids is 1. The van der Waals surface area contributed by atoms with Gasteiger partial charge in [-0.05, 0) is 35.4 Å². The molecule has 24 heteroatoms. The van der Waals surface area contributed by atoms with E-state index >= 15 is 0 Å². The van der Waals surface area contributed by atoms with Crippen molar-refractivity contribution in [1.29, 1.82) is 0 Å². The highest BCUT2D eigenvalue weighted by atomic mass is 31.3. The first kappa shape index (κ1) is 34.3. The van der Waals surface area contributed by atoms with E-state index in [1.807, 2.05) is 0 Å². The number of benzene rings is 1. The Hall–Kier alpha value is -3.15. The number of nitrogens with zero attached hydrogens (tertiary/aromatic N) is 5. The standard InChI is InChI=1S/C19H25N6O15P3/c1-10(23-24-21)13-7-11(35-2)3-4-12(13)18(26)38-14-8-17(25-6-5-16(20)22-19(25)27)37-15(14)9-36-42(31,32)40-43(33,34)39-41(28,29)30/h3-7,10,14-15,17H,8-9H2,1-2H3,(H,31,32)(H,33,34)(H2,20,22,27)(H2,28,29,30)/t10?,14-,15-,17-/m1/s1. The van der Waals surface area contributed by atoms with E-state index in [1.54, 1.807) is 0 Å². The second kappa shape index (κ2) is 13.7. The molecule has 43 heavy (non-hydrogen) atoms. The first-order chi connectivity index (χ1) is 19.9. The summed E-state index contributed by atoms with van der Waals surface area (Å²) >= 11 is 0. The molecule has 6 N–H and O–H groups in total. The highest BCUT2D eigenvalue weighted by Gasteiger charge is 2.44. The summed E-state index contributed by atoms with van der Waals surface area (Å²) in [6, 6.07) is 4.63. The van der Waals surface area contributed by atoms with E-state index in [9.17, 15) is 33.1 Å². The lowest BCUT2D eigenvalue weighted by molar-refractivity contribution is -0.0511. The van der Waals surface area contributed by atoms with Crippen LogP contribution < -0.4 is 16.2 Å². The fourth-order valence-electron chi connectivity index (χ4n) is 3.80. The summed E-state index contributed by atoms with van der Waals surface area (Å²) in [5.41, 5.74) is 13.7. The molecule has 2 heterocycles. The Bertz CT molecular complexity index is 1610. The smallest absolute Gasteiger partial charge is 0.490 e. The van der Waals surface area contributed by atoms with Crippen LogP contribution in [-0.4, -0.2) is 61.0 Å². The summed E-state index contributed by atoms with van der Waals surface area (Å²) in [5, 5.41) is 3.58. The third-order valence-electron chi connectivity index (χ3n) is 5.57. The van der Waals surface area contributed by atoms with Crippen molar-refractivity contribution in [2.75, 3.05) is 19.5 Å². The fourth-order valence-corrected chi connectivity index (χ4v) is 6.83. The molecule has 1 aromatic heterocycles. The summed E-state index contributed by atoms with van der Waals surface area (Å²) in [4.78, 5) is 68.5. The Morgan fingerprint density at radius 1 is 1.23 bits per heavy atom. The largest absolute Gasteiger partial charge is 0.497 e. The van der Waals surface area contributed by atoms with Gasteiger partial charge in [0.2, 0.25) is 0 Å². The molecule has 0 radical (unpaired) electrons. The first-order valence-corrected chi connectivity index (χ1v) is 16.2. The molecule has 1 saturated heterocycles. The van der Waals surface area contributed by atoms with Crippen molar-refractivity contribution in [2.45, 2.75) is 37.8 Å². The van der Waals surface area contributed by atoms with Crippen molar-refractivity contribution in [1.82, 2.24) is 9.55 Å². The number of hydrogen-bond donors (Lipinski definition) is 5. The van der Waals surface area contributed by atoms with E-state index < -0.39 is 66.2 Å². The SMILES string of the molecule is COc1ccc(C(=O)O[C@@H]2C[C@H](n3ccc(N)nc3=O)O[C@@H]2COP(=O)(O)OP(=O)(O)OP(=O)(O)O)c(C(C)N=[N+]=[N-])c1. The van der Waals surface area contributed by atoms with E-state index in [-0.39, 0.29) is 23.4 Å². The minimum absolute atomic E-state index is 0.0536. The molecule has 3 rings (SSSR count). The second-order valence-corrected chi connectivity index (χ2v) is 13.0. The van der Waals surface area contributed by atoms with E-state index in [2.05, 4.69) is 28.2 Å². The molecule has 1 fully saturated rings. The molecule has 1 aliphatic heterocycles. The lowest BCUT2D eigenvalue weighted by Gasteiger charge is -2.22. The quantitative estimate of drug-likeness (QED) is 0.0669. The number of phosphoric acid groups is 3. The molecule has 0 aliphatic carbocycles. The Balaban J connectivity index is 1.88. The van der Waals surface area contributed by atoms with Crippen molar-refractivity contribution in [3.8, 4) is 5.75 Å². The molecule has 236 valence electrons. The van der Waals surface area contributed by atoms with E-state index in [4.69, 9.17) is 35.3 Å². The predicted octanol–water partition coefficient (Wildman–Crippen LogP) is 2.06. The van der Waals surface area contributed by atoms with Crippen molar-refractivity contribution in [3.05, 3.63) is 62.5 Å². The molecule has 0 spiro atoms. The van der Waals surface area contributed by atoms with Gasteiger partial charge in [-0.3, -0.25) is 9.09 Å². The number of aromatic nitrogens is 2. The lowest BCUT2D eigenvalue weighted by atomic mass is 10.0. The van der Waals surface area contributed by atoms with Gasteiger partial charge in [-0.15, -0.1) is 0 Å².